The first kappa shape index (κ1) is 16.5. The third-order valence-corrected chi connectivity index (χ3v) is 3.38. The Morgan fingerprint density at radius 2 is 1.86 bits per heavy atom. The standard InChI is InChI=1S/C15H19F3N2O2/c16-15(17,18)11-22-13-7-5-6-12(10-13)19-14(21)20-8-3-1-2-4-9-20/h5-7,10H,1-4,8-9,11H2,(H,19,21). The number of nitrogens with one attached hydrogen (secondary N) is 1. The summed E-state index contributed by atoms with van der Waals surface area (Å²) in [6, 6.07) is 5.75. The normalized spacial score (nSPS) is 16.0. The molecule has 0 spiro atoms. The summed E-state index contributed by atoms with van der Waals surface area (Å²) in [5.41, 5.74) is 0.425. The number of hydrogen-bond acceptors (Lipinski definition) is 2. The van der Waals surface area contributed by atoms with Crippen LogP contribution in [0.1, 0.15) is 25.7 Å². The van der Waals surface area contributed by atoms with Gasteiger partial charge in [0.25, 0.3) is 0 Å². The summed E-state index contributed by atoms with van der Waals surface area (Å²) in [7, 11) is 0. The first-order valence-electron chi connectivity index (χ1n) is 7.29. The molecule has 122 valence electrons. The molecular weight excluding hydrogens is 297 g/mol. The zero-order valence-corrected chi connectivity index (χ0v) is 12.2. The summed E-state index contributed by atoms with van der Waals surface area (Å²) in [5, 5.41) is 2.70. The molecule has 7 heteroatoms. The van der Waals surface area contributed by atoms with E-state index in [-0.39, 0.29) is 11.8 Å². The number of ether oxygens (including phenoxy) is 1. The fourth-order valence-electron chi connectivity index (χ4n) is 2.31. The lowest BCUT2D eigenvalue weighted by Crippen LogP contribution is -2.35. The van der Waals surface area contributed by atoms with Gasteiger partial charge in [-0.1, -0.05) is 18.9 Å². The predicted octanol–water partition coefficient (Wildman–Crippen LogP) is 4.04. The number of rotatable bonds is 3. The highest BCUT2D eigenvalue weighted by Crippen LogP contribution is 2.22. The van der Waals surface area contributed by atoms with Gasteiger partial charge in [0.05, 0.1) is 0 Å². The molecule has 0 unspecified atom stereocenters. The van der Waals surface area contributed by atoms with Crippen LogP contribution in [0.2, 0.25) is 0 Å². The highest BCUT2D eigenvalue weighted by atomic mass is 19.4. The van der Waals surface area contributed by atoms with Crippen molar-refractivity contribution in [2.75, 3.05) is 25.0 Å². The van der Waals surface area contributed by atoms with E-state index in [0.717, 1.165) is 25.7 Å². The zero-order chi connectivity index (χ0) is 16.0. The quantitative estimate of drug-likeness (QED) is 0.914. The van der Waals surface area contributed by atoms with Crippen molar-refractivity contribution in [3.8, 4) is 5.75 Å². The monoisotopic (exact) mass is 316 g/mol. The van der Waals surface area contributed by atoms with Gasteiger partial charge in [-0.25, -0.2) is 4.79 Å². The van der Waals surface area contributed by atoms with Crippen LogP contribution in [0.5, 0.6) is 5.75 Å². The first-order chi connectivity index (χ1) is 10.4. The maximum absolute atomic E-state index is 12.1. The molecule has 0 bridgehead atoms. The molecule has 0 atom stereocenters. The number of likely N-dealkylation sites (tertiary alicyclic amines) is 1. The minimum absolute atomic E-state index is 0.0750. The molecule has 1 saturated heterocycles. The van der Waals surface area contributed by atoms with Crippen LogP contribution < -0.4 is 10.1 Å². The minimum Gasteiger partial charge on any atom is -0.484 e. The van der Waals surface area contributed by atoms with Crippen LogP contribution in [0.25, 0.3) is 0 Å². The lowest BCUT2D eigenvalue weighted by atomic mass is 10.2. The fourth-order valence-corrected chi connectivity index (χ4v) is 2.31. The average molecular weight is 316 g/mol. The molecule has 1 aliphatic rings. The van der Waals surface area contributed by atoms with E-state index in [2.05, 4.69) is 10.1 Å². The lowest BCUT2D eigenvalue weighted by molar-refractivity contribution is -0.153. The SMILES string of the molecule is O=C(Nc1cccc(OCC(F)(F)F)c1)N1CCCCCC1. The molecule has 0 aliphatic carbocycles. The Balaban J connectivity index is 1.93. The van der Waals surface area contributed by atoms with Crippen LogP contribution in [0, 0.1) is 0 Å². The van der Waals surface area contributed by atoms with Gasteiger partial charge < -0.3 is 15.0 Å². The van der Waals surface area contributed by atoms with E-state index in [4.69, 9.17) is 0 Å². The number of halogens is 3. The van der Waals surface area contributed by atoms with E-state index in [9.17, 15) is 18.0 Å². The molecule has 22 heavy (non-hydrogen) atoms. The maximum atomic E-state index is 12.1. The van der Waals surface area contributed by atoms with E-state index >= 15 is 0 Å². The Bertz CT molecular complexity index is 498. The smallest absolute Gasteiger partial charge is 0.422 e. The molecule has 2 rings (SSSR count). The molecule has 1 N–H and O–H groups in total. The van der Waals surface area contributed by atoms with Gasteiger partial charge >= 0.3 is 12.2 Å². The van der Waals surface area contributed by atoms with Gasteiger partial charge in [-0.05, 0) is 25.0 Å². The van der Waals surface area contributed by atoms with E-state index in [1.54, 1.807) is 17.0 Å². The summed E-state index contributed by atoms with van der Waals surface area (Å²) in [6.07, 6.45) is -0.204. The molecule has 1 aromatic rings. The van der Waals surface area contributed by atoms with E-state index in [0.29, 0.717) is 18.8 Å². The Labute approximate surface area is 127 Å². The van der Waals surface area contributed by atoms with Gasteiger partial charge in [-0.2, -0.15) is 13.2 Å². The van der Waals surface area contributed by atoms with Crippen LogP contribution >= 0.6 is 0 Å². The molecule has 4 nitrogen and oxygen atoms in total. The summed E-state index contributed by atoms with van der Waals surface area (Å²) in [5.74, 6) is 0.0750. The molecule has 2 amide bonds. The number of benzene rings is 1. The van der Waals surface area contributed by atoms with Crippen molar-refractivity contribution in [2.24, 2.45) is 0 Å². The number of carbonyl (C=O) groups excluding carboxylic acids is 1. The van der Waals surface area contributed by atoms with Crippen molar-refractivity contribution in [3.63, 3.8) is 0 Å². The number of anilines is 1. The Morgan fingerprint density at radius 3 is 2.50 bits per heavy atom. The molecule has 0 aromatic heterocycles. The van der Waals surface area contributed by atoms with Crippen LogP contribution in [-0.4, -0.2) is 36.8 Å². The Morgan fingerprint density at radius 1 is 1.18 bits per heavy atom. The largest absolute Gasteiger partial charge is 0.484 e. The van der Waals surface area contributed by atoms with Crippen molar-refractivity contribution in [1.29, 1.82) is 0 Å². The third-order valence-electron chi connectivity index (χ3n) is 3.38. The van der Waals surface area contributed by atoms with Crippen LogP contribution in [0.15, 0.2) is 24.3 Å². The van der Waals surface area contributed by atoms with Crippen molar-refractivity contribution in [3.05, 3.63) is 24.3 Å². The predicted molar refractivity (Wildman–Crippen MR) is 77.1 cm³/mol. The number of carbonyl (C=O) groups is 1. The summed E-state index contributed by atoms with van der Waals surface area (Å²) in [6.45, 7) is 0.0583. The summed E-state index contributed by atoms with van der Waals surface area (Å²) in [4.78, 5) is 13.9. The highest BCUT2D eigenvalue weighted by Gasteiger charge is 2.28. The average Bonchev–Trinajstić information content (AvgIpc) is 2.74. The van der Waals surface area contributed by atoms with Gasteiger partial charge in [-0.15, -0.1) is 0 Å². The van der Waals surface area contributed by atoms with Crippen molar-refractivity contribution < 1.29 is 22.7 Å². The van der Waals surface area contributed by atoms with Gasteiger partial charge in [0.1, 0.15) is 5.75 Å². The molecule has 1 aliphatic heterocycles. The maximum Gasteiger partial charge on any atom is 0.422 e. The molecule has 1 fully saturated rings. The van der Waals surface area contributed by atoms with Gasteiger partial charge in [0, 0.05) is 24.8 Å². The van der Waals surface area contributed by atoms with E-state index < -0.39 is 12.8 Å². The summed E-state index contributed by atoms with van der Waals surface area (Å²) >= 11 is 0. The Kier molecular flexibility index (Phi) is 5.51. The fraction of sp³-hybridized carbons (Fsp3) is 0.533. The second-order valence-electron chi connectivity index (χ2n) is 5.26. The number of hydrogen-bond donors (Lipinski definition) is 1. The molecular formula is C15H19F3N2O2. The number of nitrogens with zero attached hydrogens (tertiary/aromatic N) is 1. The molecule has 1 aromatic carbocycles. The van der Waals surface area contributed by atoms with E-state index in [1.165, 1.54) is 12.1 Å². The second kappa shape index (κ2) is 7.38. The Hall–Kier alpha value is -1.92. The summed E-state index contributed by atoms with van der Waals surface area (Å²) < 4.78 is 41.1. The van der Waals surface area contributed by atoms with Gasteiger partial charge in [-0.3, -0.25) is 0 Å². The highest BCUT2D eigenvalue weighted by molar-refractivity contribution is 5.89. The van der Waals surface area contributed by atoms with Crippen LogP contribution in [0.3, 0.4) is 0 Å². The number of urea groups is 1. The van der Waals surface area contributed by atoms with Crippen LogP contribution in [0.4, 0.5) is 23.7 Å². The molecule has 0 saturated carbocycles. The number of amides is 2. The molecule has 1 heterocycles. The van der Waals surface area contributed by atoms with Crippen molar-refractivity contribution in [2.45, 2.75) is 31.9 Å². The lowest BCUT2D eigenvalue weighted by Gasteiger charge is -2.21. The second-order valence-corrected chi connectivity index (χ2v) is 5.26. The third kappa shape index (κ3) is 5.46. The topological polar surface area (TPSA) is 41.6 Å². The zero-order valence-electron chi connectivity index (χ0n) is 12.2. The minimum atomic E-state index is -4.38. The van der Waals surface area contributed by atoms with Crippen molar-refractivity contribution in [1.82, 2.24) is 4.90 Å². The van der Waals surface area contributed by atoms with E-state index in [1.807, 2.05) is 0 Å². The van der Waals surface area contributed by atoms with Gasteiger partial charge in [0.2, 0.25) is 0 Å². The van der Waals surface area contributed by atoms with Crippen molar-refractivity contribution >= 4 is 11.7 Å². The first-order valence-corrected chi connectivity index (χ1v) is 7.29. The number of alkyl halides is 3. The van der Waals surface area contributed by atoms with Crippen LogP contribution in [-0.2, 0) is 0 Å². The van der Waals surface area contributed by atoms with Gasteiger partial charge in [0.15, 0.2) is 6.61 Å². The molecule has 0 radical (unpaired) electrons.